The summed E-state index contributed by atoms with van der Waals surface area (Å²) in [4.78, 5) is 8.70. The fourth-order valence-corrected chi connectivity index (χ4v) is 2.68. The number of ether oxygens (including phenoxy) is 1. The van der Waals surface area contributed by atoms with Crippen LogP contribution in [-0.2, 0) is 13.0 Å². The van der Waals surface area contributed by atoms with Crippen LogP contribution in [0.2, 0.25) is 5.02 Å². The van der Waals surface area contributed by atoms with E-state index in [-0.39, 0.29) is 24.0 Å². The molecule has 2 rings (SSSR count). The van der Waals surface area contributed by atoms with E-state index in [0.29, 0.717) is 23.3 Å². The van der Waals surface area contributed by atoms with Gasteiger partial charge in [0.15, 0.2) is 5.96 Å². The number of methoxy groups -OCH3 is 1. The summed E-state index contributed by atoms with van der Waals surface area (Å²) in [5.41, 5.74) is 7.54. The molecule has 0 atom stereocenters. The molecular formula is C14H18ClIN4OS. The minimum Gasteiger partial charge on any atom is -0.495 e. The number of hydrogen-bond acceptors (Lipinski definition) is 4. The summed E-state index contributed by atoms with van der Waals surface area (Å²) in [6.07, 6.45) is 0.937. The quantitative estimate of drug-likeness (QED) is 0.410. The number of benzene rings is 1. The van der Waals surface area contributed by atoms with Crippen LogP contribution in [0.15, 0.2) is 28.6 Å². The Bertz CT molecular complexity index is 648. The molecule has 5 nitrogen and oxygen atoms in total. The van der Waals surface area contributed by atoms with E-state index in [1.807, 2.05) is 11.4 Å². The largest absolute Gasteiger partial charge is 0.495 e. The van der Waals surface area contributed by atoms with E-state index in [9.17, 15) is 0 Å². The number of rotatable bonds is 5. The zero-order valence-electron chi connectivity index (χ0n) is 12.3. The van der Waals surface area contributed by atoms with Crippen molar-refractivity contribution >= 4 is 58.6 Å². The van der Waals surface area contributed by atoms with Crippen LogP contribution in [0.5, 0.6) is 5.75 Å². The first-order chi connectivity index (χ1) is 10.1. The van der Waals surface area contributed by atoms with Gasteiger partial charge in [-0.15, -0.1) is 35.3 Å². The fraction of sp³-hybridized carbons (Fsp3) is 0.286. The summed E-state index contributed by atoms with van der Waals surface area (Å²) in [7, 11) is 1.57. The lowest BCUT2D eigenvalue weighted by Gasteiger charge is -2.08. The van der Waals surface area contributed by atoms with Crippen molar-refractivity contribution in [2.24, 2.45) is 10.7 Å². The smallest absolute Gasteiger partial charge is 0.193 e. The number of nitrogens with one attached hydrogen (secondary N) is 1. The predicted octanol–water partition coefficient (Wildman–Crippen LogP) is 3.91. The number of anilines is 1. The molecule has 0 unspecified atom stereocenters. The lowest BCUT2D eigenvalue weighted by atomic mass is 10.3. The second kappa shape index (κ2) is 9.16. The Hall–Kier alpha value is -1.06. The van der Waals surface area contributed by atoms with Crippen molar-refractivity contribution in [3.63, 3.8) is 0 Å². The van der Waals surface area contributed by atoms with E-state index < -0.39 is 0 Å². The number of aryl methyl sites for hydroxylation is 1. The first-order valence-corrected chi connectivity index (χ1v) is 7.72. The van der Waals surface area contributed by atoms with E-state index in [0.717, 1.165) is 22.8 Å². The van der Waals surface area contributed by atoms with Gasteiger partial charge in [-0.1, -0.05) is 18.5 Å². The van der Waals surface area contributed by atoms with Crippen LogP contribution in [0.4, 0.5) is 5.69 Å². The number of hydrogen-bond donors (Lipinski definition) is 2. The average molecular weight is 453 g/mol. The Kier molecular flexibility index (Phi) is 7.91. The van der Waals surface area contributed by atoms with Gasteiger partial charge in [-0.2, -0.15) is 0 Å². The van der Waals surface area contributed by atoms with Gasteiger partial charge in [0.25, 0.3) is 0 Å². The van der Waals surface area contributed by atoms with Gasteiger partial charge in [-0.25, -0.2) is 9.98 Å². The molecule has 0 bridgehead atoms. The normalized spacial score (nSPS) is 11.0. The monoisotopic (exact) mass is 452 g/mol. The van der Waals surface area contributed by atoms with Gasteiger partial charge in [0.1, 0.15) is 5.75 Å². The van der Waals surface area contributed by atoms with Crippen molar-refractivity contribution in [3.05, 3.63) is 39.3 Å². The summed E-state index contributed by atoms with van der Waals surface area (Å²) in [6, 6.07) is 5.33. The Morgan fingerprint density at radius 1 is 1.50 bits per heavy atom. The summed E-state index contributed by atoms with van der Waals surface area (Å²) in [5, 5.41) is 6.61. The van der Waals surface area contributed by atoms with Crippen LogP contribution >= 0.6 is 46.9 Å². The van der Waals surface area contributed by atoms with Crippen LogP contribution in [0.25, 0.3) is 0 Å². The fourth-order valence-electron chi connectivity index (χ4n) is 1.68. The molecule has 0 saturated heterocycles. The Morgan fingerprint density at radius 2 is 2.27 bits per heavy atom. The molecule has 0 aliphatic heterocycles. The van der Waals surface area contributed by atoms with Gasteiger partial charge < -0.3 is 15.8 Å². The maximum atomic E-state index is 6.05. The highest BCUT2D eigenvalue weighted by Crippen LogP contribution is 2.27. The molecule has 0 aliphatic rings. The standard InChI is InChI=1S/C14H17ClN4OS.HI/c1-3-13-18-10(8-21-13)7-17-14(16)19-9-4-5-12(20-2)11(15)6-9;/h4-6,8H,3,7H2,1-2H3,(H3,16,17,19);1H. The van der Waals surface area contributed by atoms with Gasteiger partial charge in [0, 0.05) is 11.1 Å². The first kappa shape index (κ1) is 19.0. The van der Waals surface area contributed by atoms with Crippen LogP contribution in [-0.4, -0.2) is 18.1 Å². The molecule has 120 valence electrons. The number of thiazole rings is 1. The van der Waals surface area contributed by atoms with Gasteiger partial charge in [0.2, 0.25) is 0 Å². The molecule has 1 heterocycles. The minimum atomic E-state index is 0. The second-order valence-electron chi connectivity index (χ2n) is 4.26. The molecule has 0 saturated carbocycles. The molecule has 22 heavy (non-hydrogen) atoms. The number of aliphatic imine (C=N–C) groups is 1. The molecule has 2 aromatic rings. The molecule has 0 amide bonds. The van der Waals surface area contributed by atoms with Crippen molar-refractivity contribution in [2.75, 3.05) is 12.4 Å². The van der Waals surface area contributed by atoms with Crippen molar-refractivity contribution < 1.29 is 4.74 Å². The summed E-state index contributed by atoms with van der Waals surface area (Å²) < 4.78 is 5.09. The summed E-state index contributed by atoms with van der Waals surface area (Å²) in [5.74, 6) is 0.939. The topological polar surface area (TPSA) is 72.5 Å². The SMILES string of the molecule is CCc1nc(CN=C(N)Nc2ccc(OC)c(Cl)c2)cs1.I. The van der Waals surface area contributed by atoms with Crippen molar-refractivity contribution in [3.8, 4) is 5.75 Å². The number of guanidine groups is 1. The average Bonchev–Trinajstić information content (AvgIpc) is 2.93. The van der Waals surface area contributed by atoms with Gasteiger partial charge in [-0.3, -0.25) is 0 Å². The van der Waals surface area contributed by atoms with Crippen LogP contribution in [0.3, 0.4) is 0 Å². The molecule has 1 aromatic carbocycles. The lowest BCUT2D eigenvalue weighted by Crippen LogP contribution is -2.22. The molecular weight excluding hydrogens is 435 g/mol. The first-order valence-electron chi connectivity index (χ1n) is 6.46. The third kappa shape index (κ3) is 5.29. The molecule has 0 spiro atoms. The minimum absolute atomic E-state index is 0. The number of aromatic nitrogens is 1. The highest BCUT2D eigenvalue weighted by Gasteiger charge is 2.03. The highest BCUT2D eigenvalue weighted by atomic mass is 127. The van der Waals surface area contributed by atoms with Gasteiger partial charge in [-0.05, 0) is 24.6 Å². The third-order valence-electron chi connectivity index (χ3n) is 2.74. The van der Waals surface area contributed by atoms with Gasteiger partial charge >= 0.3 is 0 Å². The zero-order chi connectivity index (χ0) is 15.2. The highest BCUT2D eigenvalue weighted by molar-refractivity contribution is 14.0. The lowest BCUT2D eigenvalue weighted by molar-refractivity contribution is 0.415. The Morgan fingerprint density at radius 3 is 2.86 bits per heavy atom. The van der Waals surface area contributed by atoms with E-state index in [2.05, 4.69) is 22.2 Å². The van der Waals surface area contributed by atoms with Crippen LogP contribution in [0, 0.1) is 0 Å². The number of nitrogens with two attached hydrogens (primary N) is 1. The third-order valence-corrected chi connectivity index (χ3v) is 4.07. The molecule has 3 N–H and O–H groups in total. The number of halogens is 2. The van der Waals surface area contributed by atoms with E-state index in [1.54, 1.807) is 30.6 Å². The zero-order valence-corrected chi connectivity index (χ0v) is 16.2. The number of nitrogens with zero attached hydrogens (tertiary/aromatic N) is 2. The molecule has 8 heteroatoms. The predicted molar refractivity (Wildman–Crippen MR) is 104 cm³/mol. The van der Waals surface area contributed by atoms with E-state index in [1.165, 1.54) is 0 Å². The van der Waals surface area contributed by atoms with Crippen LogP contribution in [0.1, 0.15) is 17.6 Å². The Labute approximate surface area is 156 Å². The maximum absolute atomic E-state index is 6.05. The van der Waals surface area contributed by atoms with Crippen molar-refractivity contribution in [1.29, 1.82) is 0 Å². The molecule has 0 radical (unpaired) electrons. The van der Waals surface area contributed by atoms with E-state index >= 15 is 0 Å². The molecule has 0 aliphatic carbocycles. The van der Waals surface area contributed by atoms with Crippen molar-refractivity contribution in [2.45, 2.75) is 19.9 Å². The molecule has 0 fully saturated rings. The maximum Gasteiger partial charge on any atom is 0.193 e. The summed E-state index contributed by atoms with van der Waals surface area (Å²) >= 11 is 7.69. The van der Waals surface area contributed by atoms with E-state index in [4.69, 9.17) is 22.1 Å². The Balaban J connectivity index is 0.00000242. The molecule has 1 aromatic heterocycles. The summed E-state index contributed by atoms with van der Waals surface area (Å²) in [6.45, 7) is 2.54. The van der Waals surface area contributed by atoms with Gasteiger partial charge in [0.05, 0.1) is 29.4 Å². The van der Waals surface area contributed by atoms with Crippen LogP contribution < -0.4 is 15.8 Å². The van der Waals surface area contributed by atoms with Crippen molar-refractivity contribution in [1.82, 2.24) is 4.98 Å². The second-order valence-corrected chi connectivity index (χ2v) is 5.61.